The molecule has 4 heteroatoms. The number of carbonyl (C=O) groups is 1. The van der Waals surface area contributed by atoms with Crippen LogP contribution in [0.2, 0.25) is 0 Å². The predicted molar refractivity (Wildman–Crippen MR) is 67.2 cm³/mol. The van der Waals surface area contributed by atoms with Crippen molar-refractivity contribution in [2.45, 2.75) is 13.8 Å². The summed E-state index contributed by atoms with van der Waals surface area (Å²) in [6, 6.07) is 10.5. The largest absolute Gasteiger partial charge is 0.477 e. The van der Waals surface area contributed by atoms with E-state index in [0.29, 0.717) is 5.75 Å². The second-order valence-electron chi connectivity index (χ2n) is 4.09. The van der Waals surface area contributed by atoms with Gasteiger partial charge in [-0.1, -0.05) is 12.1 Å². The molecule has 0 aliphatic heterocycles. The van der Waals surface area contributed by atoms with Crippen molar-refractivity contribution in [3.05, 3.63) is 53.2 Å². The Morgan fingerprint density at radius 1 is 1.17 bits per heavy atom. The lowest BCUT2D eigenvalue weighted by atomic mass is 10.1. The van der Waals surface area contributed by atoms with Gasteiger partial charge in [0.1, 0.15) is 5.75 Å². The van der Waals surface area contributed by atoms with Gasteiger partial charge < -0.3 is 9.84 Å². The van der Waals surface area contributed by atoms with Crippen LogP contribution in [0.4, 0.5) is 0 Å². The van der Waals surface area contributed by atoms with Gasteiger partial charge in [-0.3, -0.25) is 0 Å². The zero-order valence-electron chi connectivity index (χ0n) is 10.2. The second-order valence-corrected chi connectivity index (χ2v) is 4.09. The maximum atomic E-state index is 10.8. The van der Waals surface area contributed by atoms with Gasteiger partial charge in [0.05, 0.1) is 0 Å². The molecule has 92 valence electrons. The maximum Gasteiger partial charge on any atom is 0.354 e. The van der Waals surface area contributed by atoms with Crippen LogP contribution in [-0.4, -0.2) is 16.1 Å². The number of hydrogen-bond donors (Lipinski definition) is 1. The Kier molecular flexibility index (Phi) is 3.28. The predicted octanol–water partition coefficient (Wildman–Crippen LogP) is 3.19. The molecular weight excluding hydrogens is 230 g/mol. The van der Waals surface area contributed by atoms with Crippen molar-refractivity contribution >= 4 is 5.97 Å². The summed E-state index contributed by atoms with van der Waals surface area (Å²) < 4.78 is 5.56. The molecule has 2 rings (SSSR count). The van der Waals surface area contributed by atoms with Crippen molar-refractivity contribution < 1.29 is 14.6 Å². The number of aromatic nitrogens is 1. The van der Waals surface area contributed by atoms with E-state index in [1.165, 1.54) is 6.07 Å². The van der Waals surface area contributed by atoms with Gasteiger partial charge in [0.2, 0.25) is 5.88 Å². The highest BCUT2D eigenvalue weighted by molar-refractivity contribution is 5.85. The van der Waals surface area contributed by atoms with E-state index in [2.05, 4.69) is 4.98 Å². The molecule has 0 fully saturated rings. The summed E-state index contributed by atoms with van der Waals surface area (Å²) in [7, 11) is 0. The Hall–Kier alpha value is -2.36. The average molecular weight is 243 g/mol. The van der Waals surface area contributed by atoms with Gasteiger partial charge >= 0.3 is 5.97 Å². The molecule has 4 nitrogen and oxygen atoms in total. The minimum atomic E-state index is -1.07. The first-order valence-electron chi connectivity index (χ1n) is 5.51. The van der Waals surface area contributed by atoms with Gasteiger partial charge in [-0.25, -0.2) is 9.78 Å². The number of carboxylic acid groups (broad SMARTS) is 1. The van der Waals surface area contributed by atoms with E-state index in [1.54, 1.807) is 12.1 Å². The summed E-state index contributed by atoms with van der Waals surface area (Å²) >= 11 is 0. The molecule has 1 heterocycles. The molecular formula is C14H13NO3. The molecule has 1 aromatic heterocycles. The van der Waals surface area contributed by atoms with E-state index in [9.17, 15) is 4.79 Å². The van der Waals surface area contributed by atoms with Gasteiger partial charge in [0.25, 0.3) is 0 Å². The van der Waals surface area contributed by atoms with Crippen LogP contribution in [0.1, 0.15) is 21.6 Å². The van der Waals surface area contributed by atoms with Gasteiger partial charge in [-0.15, -0.1) is 0 Å². The first-order valence-corrected chi connectivity index (χ1v) is 5.51. The molecule has 0 radical (unpaired) electrons. The first kappa shape index (κ1) is 12.1. The first-order chi connectivity index (χ1) is 8.54. The lowest BCUT2D eigenvalue weighted by Gasteiger charge is -2.07. The number of ether oxygens (including phenoxy) is 1. The average Bonchev–Trinajstić information content (AvgIpc) is 2.27. The summed E-state index contributed by atoms with van der Waals surface area (Å²) in [5.74, 6) is -0.136. The zero-order chi connectivity index (χ0) is 13.1. The van der Waals surface area contributed by atoms with Crippen molar-refractivity contribution in [1.29, 1.82) is 0 Å². The number of rotatable bonds is 3. The zero-order valence-corrected chi connectivity index (χ0v) is 10.2. The summed E-state index contributed by atoms with van der Waals surface area (Å²) in [6.45, 7) is 3.95. The summed E-state index contributed by atoms with van der Waals surface area (Å²) in [6.07, 6.45) is 0. The van der Waals surface area contributed by atoms with Crippen LogP contribution in [0.15, 0.2) is 36.4 Å². The van der Waals surface area contributed by atoms with Crippen molar-refractivity contribution in [2.75, 3.05) is 0 Å². The van der Waals surface area contributed by atoms with Crippen molar-refractivity contribution in [3.63, 3.8) is 0 Å². The van der Waals surface area contributed by atoms with Crippen LogP contribution in [0, 0.1) is 13.8 Å². The Morgan fingerprint density at radius 3 is 2.44 bits per heavy atom. The lowest BCUT2D eigenvalue weighted by molar-refractivity contribution is 0.0689. The molecule has 0 aliphatic rings. The van der Waals surface area contributed by atoms with Crippen molar-refractivity contribution in [1.82, 2.24) is 4.98 Å². The summed E-state index contributed by atoms with van der Waals surface area (Å²) in [5, 5.41) is 8.85. The molecule has 18 heavy (non-hydrogen) atoms. The standard InChI is InChI=1S/C14H13NO3/c1-9-6-10(2)8-11(7-9)18-13-5-3-4-12(15-13)14(16)17/h3-8H,1-2H3,(H,16,17). The second kappa shape index (κ2) is 4.87. The van der Waals surface area contributed by atoms with E-state index in [0.717, 1.165) is 11.1 Å². The van der Waals surface area contributed by atoms with E-state index < -0.39 is 5.97 Å². The summed E-state index contributed by atoms with van der Waals surface area (Å²) in [5.41, 5.74) is 2.13. The van der Waals surface area contributed by atoms with E-state index >= 15 is 0 Å². The quantitative estimate of drug-likeness (QED) is 0.899. The highest BCUT2D eigenvalue weighted by atomic mass is 16.5. The van der Waals surface area contributed by atoms with Crippen LogP contribution in [-0.2, 0) is 0 Å². The van der Waals surface area contributed by atoms with Gasteiger partial charge in [-0.05, 0) is 43.2 Å². The SMILES string of the molecule is Cc1cc(C)cc(Oc2cccc(C(=O)O)n2)c1. The van der Waals surface area contributed by atoms with E-state index in [4.69, 9.17) is 9.84 Å². The smallest absolute Gasteiger partial charge is 0.354 e. The molecule has 2 aromatic rings. The van der Waals surface area contributed by atoms with Gasteiger partial charge in [0, 0.05) is 6.07 Å². The molecule has 0 bridgehead atoms. The van der Waals surface area contributed by atoms with Crippen LogP contribution in [0.25, 0.3) is 0 Å². The number of nitrogens with zero attached hydrogens (tertiary/aromatic N) is 1. The Labute approximate surface area is 105 Å². The number of benzene rings is 1. The Balaban J connectivity index is 2.28. The fourth-order valence-corrected chi connectivity index (χ4v) is 1.70. The topological polar surface area (TPSA) is 59.4 Å². The molecule has 1 aromatic carbocycles. The van der Waals surface area contributed by atoms with Crippen LogP contribution in [0.3, 0.4) is 0 Å². The van der Waals surface area contributed by atoms with Crippen molar-refractivity contribution in [2.24, 2.45) is 0 Å². The minimum absolute atomic E-state index is 0.0307. The third kappa shape index (κ3) is 2.85. The third-order valence-electron chi connectivity index (χ3n) is 2.36. The highest BCUT2D eigenvalue weighted by Crippen LogP contribution is 2.22. The molecule has 0 saturated carbocycles. The van der Waals surface area contributed by atoms with E-state index in [1.807, 2.05) is 32.0 Å². The number of aromatic carboxylic acids is 1. The van der Waals surface area contributed by atoms with Gasteiger partial charge in [-0.2, -0.15) is 0 Å². The normalized spacial score (nSPS) is 10.1. The molecule has 1 N–H and O–H groups in total. The fraction of sp³-hybridized carbons (Fsp3) is 0.143. The molecule has 0 saturated heterocycles. The maximum absolute atomic E-state index is 10.8. The number of aryl methyl sites for hydroxylation is 2. The third-order valence-corrected chi connectivity index (χ3v) is 2.36. The molecule has 0 amide bonds. The Bertz CT molecular complexity index is 573. The number of carboxylic acids is 1. The van der Waals surface area contributed by atoms with Gasteiger partial charge in [0.15, 0.2) is 5.69 Å². The lowest BCUT2D eigenvalue weighted by Crippen LogP contribution is -2.00. The number of hydrogen-bond acceptors (Lipinski definition) is 3. The molecule has 0 aliphatic carbocycles. The Morgan fingerprint density at radius 2 is 1.83 bits per heavy atom. The molecule has 0 spiro atoms. The highest BCUT2D eigenvalue weighted by Gasteiger charge is 2.06. The molecule has 0 unspecified atom stereocenters. The van der Waals surface area contributed by atoms with E-state index in [-0.39, 0.29) is 11.6 Å². The minimum Gasteiger partial charge on any atom is -0.477 e. The number of pyridine rings is 1. The monoisotopic (exact) mass is 243 g/mol. The van der Waals surface area contributed by atoms with Crippen molar-refractivity contribution in [3.8, 4) is 11.6 Å². The van der Waals surface area contributed by atoms with Crippen LogP contribution < -0.4 is 4.74 Å². The van der Waals surface area contributed by atoms with Crippen LogP contribution in [0.5, 0.6) is 11.6 Å². The fourth-order valence-electron chi connectivity index (χ4n) is 1.70. The van der Waals surface area contributed by atoms with Crippen LogP contribution >= 0.6 is 0 Å². The molecule has 0 atom stereocenters. The summed E-state index contributed by atoms with van der Waals surface area (Å²) in [4.78, 5) is 14.7.